The molecular formula is C14H15F3N2. The van der Waals surface area contributed by atoms with E-state index < -0.39 is 12.7 Å². The molecular weight excluding hydrogens is 253 g/mol. The highest BCUT2D eigenvalue weighted by atomic mass is 19.4. The molecule has 0 aliphatic heterocycles. The lowest BCUT2D eigenvalue weighted by molar-refractivity contribution is -0.139. The molecule has 5 heteroatoms. The molecule has 0 spiro atoms. The van der Waals surface area contributed by atoms with Gasteiger partial charge in [0.25, 0.3) is 0 Å². The number of hydrogen-bond acceptors (Lipinski definition) is 1. The Labute approximate surface area is 109 Å². The molecule has 19 heavy (non-hydrogen) atoms. The summed E-state index contributed by atoms with van der Waals surface area (Å²) in [6, 6.07) is 7.92. The predicted molar refractivity (Wildman–Crippen MR) is 67.9 cm³/mol. The van der Waals surface area contributed by atoms with Crippen LogP contribution in [0.25, 0.3) is 10.9 Å². The lowest BCUT2D eigenvalue weighted by atomic mass is 10.1. The first-order chi connectivity index (χ1) is 9.03. The first kappa shape index (κ1) is 12.5. The predicted octanol–water partition coefficient (Wildman–Crippen LogP) is 3.46. The van der Waals surface area contributed by atoms with E-state index in [1.807, 2.05) is 18.2 Å². The molecule has 0 bridgehead atoms. The van der Waals surface area contributed by atoms with Crippen LogP contribution in [0.3, 0.4) is 0 Å². The summed E-state index contributed by atoms with van der Waals surface area (Å²) in [5, 5.41) is 4.21. The summed E-state index contributed by atoms with van der Waals surface area (Å²) in [6.07, 6.45) is -0.346. The number of fused-ring (bicyclic) bond motifs is 1. The lowest BCUT2D eigenvalue weighted by Gasteiger charge is -2.12. The molecule has 1 aromatic heterocycles. The van der Waals surface area contributed by atoms with Crippen molar-refractivity contribution in [1.82, 2.24) is 9.88 Å². The van der Waals surface area contributed by atoms with Crippen LogP contribution in [0.4, 0.5) is 13.2 Å². The molecule has 0 saturated heterocycles. The monoisotopic (exact) mass is 268 g/mol. The summed E-state index contributed by atoms with van der Waals surface area (Å²) in [7, 11) is 0. The van der Waals surface area contributed by atoms with Gasteiger partial charge in [0, 0.05) is 18.8 Å². The van der Waals surface area contributed by atoms with Gasteiger partial charge in [-0.2, -0.15) is 13.2 Å². The van der Waals surface area contributed by atoms with Crippen LogP contribution in [0.15, 0.2) is 30.5 Å². The minimum atomic E-state index is -4.19. The van der Waals surface area contributed by atoms with Gasteiger partial charge >= 0.3 is 6.18 Å². The van der Waals surface area contributed by atoms with E-state index in [0.717, 1.165) is 10.9 Å². The number of nitrogens with one attached hydrogen (secondary N) is 1. The van der Waals surface area contributed by atoms with E-state index in [4.69, 9.17) is 0 Å². The van der Waals surface area contributed by atoms with Crippen LogP contribution < -0.4 is 5.32 Å². The number of benzene rings is 1. The molecule has 0 atom stereocenters. The highest BCUT2D eigenvalue weighted by Gasteiger charge is 2.28. The van der Waals surface area contributed by atoms with Gasteiger partial charge in [-0.25, -0.2) is 0 Å². The molecule has 2 aromatic rings. The second-order valence-corrected chi connectivity index (χ2v) is 5.07. The van der Waals surface area contributed by atoms with Gasteiger partial charge in [0.1, 0.15) is 6.54 Å². The normalized spacial score (nSPS) is 16.2. The Morgan fingerprint density at radius 2 is 2.00 bits per heavy atom. The van der Waals surface area contributed by atoms with Crippen molar-refractivity contribution in [2.45, 2.75) is 38.1 Å². The second-order valence-electron chi connectivity index (χ2n) is 5.07. The van der Waals surface area contributed by atoms with Crippen molar-refractivity contribution in [2.24, 2.45) is 0 Å². The number of hydrogen-bond donors (Lipinski definition) is 1. The van der Waals surface area contributed by atoms with Crippen molar-refractivity contribution >= 4 is 10.9 Å². The van der Waals surface area contributed by atoms with Crippen molar-refractivity contribution in [1.29, 1.82) is 0 Å². The van der Waals surface area contributed by atoms with Gasteiger partial charge in [0.15, 0.2) is 0 Å². The van der Waals surface area contributed by atoms with Crippen LogP contribution >= 0.6 is 0 Å². The van der Waals surface area contributed by atoms with E-state index in [1.165, 1.54) is 23.6 Å². The average Bonchev–Trinajstić information content (AvgIpc) is 3.08. The van der Waals surface area contributed by atoms with Crippen LogP contribution in [0.5, 0.6) is 0 Å². The Hall–Kier alpha value is -1.49. The third kappa shape index (κ3) is 2.92. The van der Waals surface area contributed by atoms with E-state index in [0.29, 0.717) is 18.1 Å². The molecule has 3 rings (SSSR count). The highest BCUT2D eigenvalue weighted by molar-refractivity contribution is 5.83. The Morgan fingerprint density at radius 3 is 2.68 bits per heavy atom. The van der Waals surface area contributed by atoms with Crippen LogP contribution in [0, 0.1) is 0 Å². The van der Waals surface area contributed by atoms with Crippen molar-refractivity contribution in [2.75, 3.05) is 0 Å². The number of rotatable bonds is 4. The van der Waals surface area contributed by atoms with E-state index in [1.54, 1.807) is 6.07 Å². The largest absolute Gasteiger partial charge is 0.406 e. The van der Waals surface area contributed by atoms with Crippen molar-refractivity contribution < 1.29 is 13.2 Å². The maximum absolute atomic E-state index is 12.6. The molecule has 0 unspecified atom stereocenters. The van der Waals surface area contributed by atoms with Gasteiger partial charge in [-0.3, -0.25) is 0 Å². The fourth-order valence-corrected chi connectivity index (χ4v) is 2.35. The van der Waals surface area contributed by atoms with E-state index in [9.17, 15) is 13.2 Å². The van der Waals surface area contributed by atoms with Crippen molar-refractivity contribution in [3.63, 3.8) is 0 Å². The lowest BCUT2D eigenvalue weighted by Crippen LogP contribution is -2.19. The highest BCUT2D eigenvalue weighted by Crippen LogP contribution is 2.26. The zero-order chi connectivity index (χ0) is 13.5. The van der Waals surface area contributed by atoms with Crippen LogP contribution in [-0.2, 0) is 13.1 Å². The fraction of sp³-hybridized carbons (Fsp3) is 0.429. The Morgan fingerprint density at radius 1 is 1.21 bits per heavy atom. The molecule has 1 aromatic carbocycles. The van der Waals surface area contributed by atoms with Gasteiger partial charge in [-0.05, 0) is 29.9 Å². The van der Waals surface area contributed by atoms with Gasteiger partial charge in [0.05, 0.1) is 5.52 Å². The Bertz CT molecular complexity index is 582. The molecule has 1 heterocycles. The van der Waals surface area contributed by atoms with E-state index >= 15 is 0 Å². The van der Waals surface area contributed by atoms with E-state index in [-0.39, 0.29) is 0 Å². The van der Waals surface area contributed by atoms with Crippen LogP contribution in [0.2, 0.25) is 0 Å². The molecule has 102 valence electrons. The Kier molecular flexibility index (Phi) is 3.01. The van der Waals surface area contributed by atoms with Crippen molar-refractivity contribution in [3.8, 4) is 0 Å². The second kappa shape index (κ2) is 4.56. The summed E-state index contributed by atoms with van der Waals surface area (Å²) < 4.78 is 39.0. The number of aromatic nitrogens is 1. The molecule has 1 N–H and O–H groups in total. The topological polar surface area (TPSA) is 17.0 Å². The molecule has 1 saturated carbocycles. The molecule has 1 aliphatic carbocycles. The van der Waals surface area contributed by atoms with Crippen LogP contribution in [-0.4, -0.2) is 16.8 Å². The smallest absolute Gasteiger partial charge is 0.338 e. The quantitative estimate of drug-likeness (QED) is 0.898. The number of alkyl halides is 3. The summed E-state index contributed by atoms with van der Waals surface area (Å²) in [5.41, 5.74) is 1.62. The maximum atomic E-state index is 12.6. The van der Waals surface area contributed by atoms with Crippen molar-refractivity contribution in [3.05, 3.63) is 36.0 Å². The third-order valence-electron chi connectivity index (χ3n) is 3.38. The molecule has 2 nitrogen and oxygen atoms in total. The fourth-order valence-electron chi connectivity index (χ4n) is 2.35. The van der Waals surface area contributed by atoms with Crippen LogP contribution in [0.1, 0.15) is 18.4 Å². The van der Waals surface area contributed by atoms with Gasteiger partial charge in [-0.1, -0.05) is 18.2 Å². The number of para-hydroxylation sites is 1. The zero-order valence-electron chi connectivity index (χ0n) is 10.4. The SMILES string of the molecule is FC(F)(F)Cn1ccc2cccc(CNC3CC3)c21. The summed E-state index contributed by atoms with van der Waals surface area (Å²) >= 11 is 0. The molecule has 0 amide bonds. The van der Waals surface area contributed by atoms with E-state index in [2.05, 4.69) is 5.32 Å². The van der Waals surface area contributed by atoms with Gasteiger partial charge in [0.2, 0.25) is 0 Å². The third-order valence-corrected chi connectivity index (χ3v) is 3.38. The van der Waals surface area contributed by atoms with Gasteiger partial charge in [-0.15, -0.1) is 0 Å². The standard InChI is InChI=1S/C14H15F3N2/c15-14(16,17)9-19-7-6-10-2-1-3-11(13(10)19)8-18-12-4-5-12/h1-3,6-7,12,18H,4-5,8-9H2. The average molecular weight is 268 g/mol. The zero-order valence-corrected chi connectivity index (χ0v) is 10.4. The molecule has 0 radical (unpaired) electrons. The minimum Gasteiger partial charge on any atom is -0.338 e. The molecule has 1 fully saturated rings. The summed E-state index contributed by atoms with van der Waals surface area (Å²) in [4.78, 5) is 0. The van der Waals surface area contributed by atoms with Gasteiger partial charge < -0.3 is 9.88 Å². The molecule has 1 aliphatic rings. The first-order valence-corrected chi connectivity index (χ1v) is 6.40. The maximum Gasteiger partial charge on any atom is 0.406 e. The minimum absolute atomic E-state index is 0.543. The summed E-state index contributed by atoms with van der Waals surface area (Å²) in [6.45, 7) is -0.305. The Balaban J connectivity index is 1.93. The first-order valence-electron chi connectivity index (χ1n) is 6.40. The number of nitrogens with zero attached hydrogens (tertiary/aromatic N) is 1. The number of halogens is 3. The summed E-state index contributed by atoms with van der Waals surface area (Å²) in [5.74, 6) is 0.